The minimum atomic E-state index is -0.492. The van der Waals surface area contributed by atoms with E-state index in [1.165, 1.54) is 4.88 Å². The summed E-state index contributed by atoms with van der Waals surface area (Å²) in [5, 5.41) is 10.7. The Balaban J connectivity index is 0.00000378. The van der Waals surface area contributed by atoms with Gasteiger partial charge in [-0.3, -0.25) is 19.1 Å². The molecule has 0 saturated carbocycles. The molecule has 1 saturated heterocycles. The maximum atomic E-state index is 13.9. The normalized spacial score (nSPS) is 16.8. The molecule has 2 aliphatic heterocycles. The van der Waals surface area contributed by atoms with Gasteiger partial charge in [-0.2, -0.15) is 13.5 Å². The quantitative estimate of drug-likeness (QED) is 0.210. The lowest BCUT2D eigenvalue weighted by atomic mass is 9.99. The smallest absolute Gasteiger partial charge is 0.225 e. The largest absolute Gasteiger partial charge is 0.353 e. The summed E-state index contributed by atoms with van der Waals surface area (Å²) in [6.45, 7) is 8.76. The molecule has 3 aliphatic rings. The summed E-state index contributed by atoms with van der Waals surface area (Å²) in [7, 11) is 0. The number of aromatic nitrogens is 4. The van der Waals surface area contributed by atoms with Gasteiger partial charge in [-0.05, 0) is 67.3 Å². The number of carbonyl (C=O) groups excluding carboxylic acids is 2. The summed E-state index contributed by atoms with van der Waals surface area (Å²) in [5.41, 5.74) is 8.37. The Kier molecular flexibility index (Phi) is 8.93. The fourth-order valence-corrected chi connectivity index (χ4v) is 8.33. The van der Waals surface area contributed by atoms with Crippen LogP contribution in [0.3, 0.4) is 0 Å². The van der Waals surface area contributed by atoms with Crippen LogP contribution in [0.1, 0.15) is 56.8 Å². The number of anilines is 1. The summed E-state index contributed by atoms with van der Waals surface area (Å²) in [4.78, 5) is 41.2. The van der Waals surface area contributed by atoms with E-state index < -0.39 is 6.04 Å². The summed E-state index contributed by atoms with van der Waals surface area (Å²) in [6.07, 6.45) is 3.15. The topological polar surface area (TPSA) is 96.6 Å². The number of pyridine rings is 1. The summed E-state index contributed by atoms with van der Waals surface area (Å²) >= 11 is 7.96. The summed E-state index contributed by atoms with van der Waals surface area (Å²) in [5.74, 6) is 2.67. The highest BCUT2D eigenvalue weighted by molar-refractivity contribution is 7.59. The third-order valence-electron chi connectivity index (χ3n) is 9.74. The molecule has 3 aromatic heterocycles. The molecule has 8 rings (SSSR count). The first-order valence-corrected chi connectivity index (χ1v) is 17.4. The average molecular weight is 710 g/mol. The number of aryl methyl sites for hydroxylation is 2. The van der Waals surface area contributed by atoms with E-state index in [1.54, 1.807) is 11.3 Å². The predicted molar refractivity (Wildman–Crippen MR) is 199 cm³/mol. The van der Waals surface area contributed by atoms with Crippen molar-refractivity contribution >= 4 is 59.7 Å². The first-order chi connectivity index (χ1) is 23.2. The molecule has 250 valence electrons. The molecule has 1 fully saturated rings. The van der Waals surface area contributed by atoms with Crippen LogP contribution in [0.15, 0.2) is 65.8 Å². The van der Waals surface area contributed by atoms with Crippen LogP contribution >= 0.6 is 36.4 Å². The van der Waals surface area contributed by atoms with Gasteiger partial charge in [0.05, 0.1) is 12.1 Å². The van der Waals surface area contributed by atoms with E-state index in [2.05, 4.69) is 57.8 Å². The van der Waals surface area contributed by atoms with Crippen molar-refractivity contribution in [2.75, 3.05) is 31.1 Å². The molecule has 1 atom stereocenters. The van der Waals surface area contributed by atoms with Crippen LogP contribution in [0, 0.1) is 20.8 Å². The molecule has 9 nitrogen and oxygen atoms in total. The van der Waals surface area contributed by atoms with Crippen molar-refractivity contribution in [1.82, 2.24) is 24.6 Å². The molecular formula is C37H36ClN7O2S2. The van der Waals surface area contributed by atoms with E-state index in [1.807, 2.05) is 48.4 Å². The number of aliphatic imine (C=N–C) groups is 1. The highest BCUT2D eigenvalue weighted by Crippen LogP contribution is 2.40. The fraction of sp³-hybridized carbons (Fsp3) is 0.297. The lowest BCUT2D eigenvalue weighted by Gasteiger charge is -2.35. The number of ketones is 1. The van der Waals surface area contributed by atoms with Gasteiger partial charge in [0, 0.05) is 71.8 Å². The number of thiophene rings is 1. The first kappa shape index (κ1) is 33.2. The van der Waals surface area contributed by atoms with Crippen molar-refractivity contribution in [1.29, 1.82) is 0 Å². The van der Waals surface area contributed by atoms with Gasteiger partial charge in [-0.25, -0.2) is 4.98 Å². The maximum absolute atomic E-state index is 13.9. The molecule has 12 heteroatoms. The van der Waals surface area contributed by atoms with Crippen molar-refractivity contribution in [3.63, 3.8) is 0 Å². The number of Topliss-reactive ketones (excluding diaryl/α,β-unsaturated/α-hetero) is 1. The first-order valence-electron chi connectivity index (χ1n) is 16.2. The number of amides is 1. The number of rotatable bonds is 5. The molecule has 49 heavy (non-hydrogen) atoms. The number of halogens is 1. The number of piperazine rings is 1. The van der Waals surface area contributed by atoms with E-state index >= 15 is 0 Å². The molecule has 5 aromatic rings. The zero-order valence-corrected chi connectivity index (χ0v) is 30.1. The van der Waals surface area contributed by atoms with E-state index in [-0.39, 0.29) is 31.6 Å². The Hall–Kier alpha value is -4.32. The minimum Gasteiger partial charge on any atom is -0.353 e. The van der Waals surface area contributed by atoms with Gasteiger partial charge >= 0.3 is 0 Å². The number of hydrogen-bond donors (Lipinski definition) is 0. The van der Waals surface area contributed by atoms with Gasteiger partial charge in [0.1, 0.15) is 28.5 Å². The second-order valence-electron chi connectivity index (χ2n) is 12.8. The third-order valence-corrected chi connectivity index (χ3v) is 11.2. The van der Waals surface area contributed by atoms with Crippen LogP contribution in [0.4, 0.5) is 5.82 Å². The summed E-state index contributed by atoms with van der Waals surface area (Å²) < 4.78 is 2.08. The maximum Gasteiger partial charge on any atom is 0.225 e. The molecule has 0 bridgehead atoms. The second kappa shape index (κ2) is 13.2. The van der Waals surface area contributed by atoms with Crippen LogP contribution in [-0.4, -0.2) is 68.2 Å². The number of fused-ring (bicyclic) bond motifs is 4. The van der Waals surface area contributed by atoms with Crippen molar-refractivity contribution in [3.8, 4) is 16.1 Å². The highest BCUT2D eigenvalue weighted by atomic mass is 35.5. The third kappa shape index (κ3) is 6.08. The van der Waals surface area contributed by atoms with Crippen LogP contribution in [0.5, 0.6) is 0 Å². The van der Waals surface area contributed by atoms with Crippen molar-refractivity contribution in [3.05, 3.63) is 110 Å². The van der Waals surface area contributed by atoms with E-state index in [4.69, 9.17) is 21.6 Å². The molecule has 1 aliphatic carbocycles. The Morgan fingerprint density at radius 2 is 1.61 bits per heavy atom. The zero-order chi connectivity index (χ0) is 33.1. The predicted octanol–water partition coefficient (Wildman–Crippen LogP) is 6.38. The van der Waals surface area contributed by atoms with Crippen molar-refractivity contribution in [2.24, 2.45) is 4.99 Å². The van der Waals surface area contributed by atoms with Crippen LogP contribution in [-0.2, 0) is 22.4 Å². The number of nitrogens with zero attached hydrogens (tertiary/aromatic N) is 7. The van der Waals surface area contributed by atoms with Gasteiger partial charge in [0.2, 0.25) is 5.91 Å². The molecule has 0 unspecified atom stereocenters. The fourth-order valence-electron chi connectivity index (χ4n) is 6.99. The van der Waals surface area contributed by atoms with Crippen LogP contribution in [0.25, 0.3) is 16.1 Å². The Bertz CT molecular complexity index is 2110. The van der Waals surface area contributed by atoms with Gasteiger partial charge in [0.15, 0.2) is 5.82 Å². The van der Waals surface area contributed by atoms with E-state index in [0.717, 1.165) is 61.3 Å². The molecule has 0 spiro atoms. The average Bonchev–Trinajstić information content (AvgIpc) is 3.73. The van der Waals surface area contributed by atoms with Crippen LogP contribution in [0.2, 0.25) is 5.02 Å². The van der Waals surface area contributed by atoms with Gasteiger partial charge in [0.25, 0.3) is 0 Å². The number of carbonyl (C=O) groups is 2. The zero-order valence-electron chi connectivity index (χ0n) is 27.5. The van der Waals surface area contributed by atoms with Gasteiger partial charge < -0.3 is 9.80 Å². The Morgan fingerprint density at radius 1 is 0.898 bits per heavy atom. The number of benzene rings is 2. The highest BCUT2D eigenvalue weighted by Gasteiger charge is 2.34. The molecule has 0 N–H and O–H groups in total. The Morgan fingerprint density at radius 3 is 2.35 bits per heavy atom. The van der Waals surface area contributed by atoms with Crippen molar-refractivity contribution in [2.45, 2.75) is 46.1 Å². The molecule has 1 amide bonds. The molecule has 5 heterocycles. The standard InChI is InChI=1S/C37H34ClN7O2S.H2S/c1-21-22(2)48-37-34(21)35(24-6-9-29(38)10-7-24)40-31(36-42-41-23(3)45(36)37)19-33(47)44-14-12-43(13-15-44)32-11-8-27(20-39-32)25-4-5-26-17-30(46)18-28(26)16-25;/h4-11,16,20,31H,12-15,17-19H2,1-3H3;1H2/t31-;/m0./s1. The summed E-state index contributed by atoms with van der Waals surface area (Å²) in [6, 6.07) is 17.6. The van der Waals surface area contributed by atoms with Gasteiger partial charge in [-0.1, -0.05) is 41.9 Å². The van der Waals surface area contributed by atoms with E-state index in [0.29, 0.717) is 49.9 Å². The lowest BCUT2D eigenvalue weighted by molar-refractivity contribution is -0.132. The van der Waals surface area contributed by atoms with Crippen molar-refractivity contribution < 1.29 is 9.59 Å². The number of hydrogen-bond acceptors (Lipinski definition) is 8. The van der Waals surface area contributed by atoms with Gasteiger partial charge in [-0.15, -0.1) is 21.5 Å². The monoisotopic (exact) mass is 709 g/mol. The van der Waals surface area contributed by atoms with E-state index in [9.17, 15) is 9.59 Å². The Labute approximate surface area is 301 Å². The second-order valence-corrected chi connectivity index (χ2v) is 14.4. The molecule has 2 aromatic carbocycles. The minimum absolute atomic E-state index is 0. The SMILES string of the molecule is Cc1sc2c(c1C)C(c1ccc(Cl)cc1)=N[C@@H](CC(=O)N1CCN(c3ccc(-c4ccc5c(c4)CC(=O)C5)cn3)CC1)c1nnc(C)n1-2.S. The lowest BCUT2D eigenvalue weighted by Crippen LogP contribution is -2.49. The van der Waals surface area contributed by atoms with Crippen LogP contribution < -0.4 is 4.90 Å². The molecular weight excluding hydrogens is 674 g/mol. The molecule has 0 radical (unpaired) electrons.